The summed E-state index contributed by atoms with van der Waals surface area (Å²) in [6.45, 7) is 2.36. The van der Waals surface area contributed by atoms with E-state index in [4.69, 9.17) is 10.00 Å². The highest BCUT2D eigenvalue weighted by molar-refractivity contribution is 7.99. The summed E-state index contributed by atoms with van der Waals surface area (Å²) in [6.07, 6.45) is 1.74. The van der Waals surface area contributed by atoms with Crippen LogP contribution in [0.25, 0.3) is 0 Å². The number of rotatable bonds is 9. The molecule has 3 aromatic rings. The second-order valence-corrected chi connectivity index (χ2v) is 7.76. The molecule has 1 unspecified atom stereocenters. The van der Waals surface area contributed by atoms with Gasteiger partial charge in [0.2, 0.25) is 5.91 Å². The maximum absolute atomic E-state index is 12.3. The van der Waals surface area contributed by atoms with Crippen LogP contribution in [0.5, 0.6) is 5.75 Å². The summed E-state index contributed by atoms with van der Waals surface area (Å²) in [6, 6.07) is 22.9. The zero-order valence-electron chi connectivity index (χ0n) is 16.7. The molecule has 30 heavy (non-hydrogen) atoms. The van der Waals surface area contributed by atoms with E-state index >= 15 is 0 Å². The quantitative estimate of drug-likeness (QED) is 0.549. The molecule has 1 atom stereocenters. The number of benzene rings is 2. The van der Waals surface area contributed by atoms with Gasteiger partial charge in [0.1, 0.15) is 12.4 Å². The van der Waals surface area contributed by atoms with Crippen LogP contribution in [-0.2, 0) is 17.2 Å². The maximum atomic E-state index is 12.3. The fraction of sp³-hybridized carbons (Fsp3) is 0.208. The number of carbonyl (C=O) groups is 1. The molecule has 1 aromatic heterocycles. The predicted octanol–water partition coefficient (Wildman–Crippen LogP) is 4.64. The van der Waals surface area contributed by atoms with Gasteiger partial charge in [-0.15, -0.1) is 11.8 Å². The van der Waals surface area contributed by atoms with E-state index in [-0.39, 0.29) is 11.9 Å². The maximum Gasteiger partial charge on any atom is 0.230 e. The van der Waals surface area contributed by atoms with Crippen molar-refractivity contribution in [3.05, 3.63) is 95.3 Å². The third-order valence-corrected chi connectivity index (χ3v) is 5.44. The van der Waals surface area contributed by atoms with E-state index in [1.54, 1.807) is 30.1 Å². The van der Waals surface area contributed by atoms with E-state index in [1.807, 2.05) is 61.5 Å². The van der Waals surface area contributed by atoms with Crippen molar-refractivity contribution in [3.63, 3.8) is 0 Å². The third kappa shape index (κ3) is 6.64. The molecule has 3 rings (SSSR count). The molecule has 0 aliphatic heterocycles. The van der Waals surface area contributed by atoms with Crippen molar-refractivity contribution in [3.8, 4) is 11.8 Å². The summed E-state index contributed by atoms with van der Waals surface area (Å²) >= 11 is 1.55. The lowest BCUT2D eigenvalue weighted by molar-refractivity contribution is -0.119. The number of hydrogen-bond donors (Lipinski definition) is 1. The Morgan fingerprint density at radius 2 is 2.00 bits per heavy atom. The summed E-state index contributed by atoms with van der Waals surface area (Å²) in [5.41, 5.74) is 3.58. The molecule has 0 saturated heterocycles. The molecule has 0 aliphatic carbocycles. The molecule has 1 heterocycles. The van der Waals surface area contributed by atoms with E-state index in [1.165, 1.54) is 0 Å². The van der Waals surface area contributed by atoms with E-state index < -0.39 is 0 Å². The first kappa shape index (κ1) is 21.4. The Morgan fingerprint density at radius 1 is 1.17 bits per heavy atom. The van der Waals surface area contributed by atoms with Gasteiger partial charge in [-0.2, -0.15) is 5.26 Å². The van der Waals surface area contributed by atoms with Crippen LogP contribution in [0.1, 0.15) is 35.3 Å². The van der Waals surface area contributed by atoms with Crippen molar-refractivity contribution in [1.82, 2.24) is 10.3 Å². The van der Waals surface area contributed by atoms with Crippen molar-refractivity contribution in [2.45, 2.75) is 25.3 Å². The number of nitriles is 1. The number of pyridine rings is 1. The third-order valence-electron chi connectivity index (χ3n) is 4.43. The zero-order chi connectivity index (χ0) is 21.2. The molecule has 0 spiro atoms. The van der Waals surface area contributed by atoms with Gasteiger partial charge in [-0.1, -0.05) is 30.3 Å². The summed E-state index contributed by atoms with van der Waals surface area (Å²) in [5.74, 6) is 1.83. The van der Waals surface area contributed by atoms with Gasteiger partial charge in [-0.05, 0) is 54.4 Å². The molecule has 6 heteroatoms. The molecular formula is C24H23N3O2S. The average Bonchev–Trinajstić information content (AvgIpc) is 2.79. The summed E-state index contributed by atoms with van der Waals surface area (Å²) < 4.78 is 5.82. The molecule has 0 fully saturated rings. The first-order chi connectivity index (χ1) is 14.6. The first-order valence-electron chi connectivity index (χ1n) is 9.63. The summed E-state index contributed by atoms with van der Waals surface area (Å²) in [7, 11) is 0. The molecule has 5 nitrogen and oxygen atoms in total. The van der Waals surface area contributed by atoms with Gasteiger partial charge in [-0.25, -0.2) is 0 Å². The summed E-state index contributed by atoms with van der Waals surface area (Å²) in [5, 5.41) is 11.9. The van der Waals surface area contributed by atoms with E-state index in [0.717, 1.165) is 28.3 Å². The lowest BCUT2D eigenvalue weighted by Gasteiger charge is -2.15. The average molecular weight is 418 g/mol. The molecule has 1 amide bonds. The molecule has 2 aromatic carbocycles. The van der Waals surface area contributed by atoms with Crippen LogP contribution in [0, 0.1) is 11.3 Å². The minimum absolute atomic E-state index is 0.0130. The van der Waals surface area contributed by atoms with Gasteiger partial charge >= 0.3 is 0 Å². The summed E-state index contributed by atoms with van der Waals surface area (Å²) in [4.78, 5) is 16.5. The number of nitrogens with zero attached hydrogens (tertiary/aromatic N) is 2. The highest BCUT2D eigenvalue weighted by Gasteiger charge is 2.11. The Morgan fingerprint density at radius 3 is 2.73 bits per heavy atom. The molecule has 152 valence electrons. The van der Waals surface area contributed by atoms with Crippen LogP contribution in [0.3, 0.4) is 0 Å². The number of hydrogen-bond acceptors (Lipinski definition) is 5. The van der Waals surface area contributed by atoms with Gasteiger partial charge in [-0.3, -0.25) is 9.78 Å². The van der Waals surface area contributed by atoms with Crippen molar-refractivity contribution in [2.24, 2.45) is 0 Å². The minimum atomic E-state index is -0.119. The minimum Gasteiger partial charge on any atom is -0.487 e. The van der Waals surface area contributed by atoms with Crippen molar-refractivity contribution in [1.29, 1.82) is 5.26 Å². The Labute approximate surface area is 181 Å². The largest absolute Gasteiger partial charge is 0.487 e. The fourth-order valence-electron chi connectivity index (χ4n) is 2.82. The standard InChI is InChI=1S/C24H23N3O2S/c1-18(27-24(28)17-30-16-20-10-8-19(14-25)9-11-20)21-5-4-7-23(13-21)29-15-22-6-2-3-12-26-22/h2-13,18H,15-17H2,1H3,(H,27,28). The number of carbonyl (C=O) groups excluding carboxylic acids is 1. The van der Waals surface area contributed by atoms with Gasteiger partial charge in [0, 0.05) is 11.9 Å². The lowest BCUT2D eigenvalue weighted by Crippen LogP contribution is -2.28. The van der Waals surface area contributed by atoms with E-state index in [9.17, 15) is 4.79 Å². The van der Waals surface area contributed by atoms with Crippen molar-refractivity contribution in [2.75, 3.05) is 5.75 Å². The van der Waals surface area contributed by atoms with Crippen LogP contribution >= 0.6 is 11.8 Å². The SMILES string of the molecule is CC(NC(=O)CSCc1ccc(C#N)cc1)c1cccc(OCc2ccccn2)c1. The smallest absolute Gasteiger partial charge is 0.230 e. The van der Waals surface area contributed by atoms with Crippen LogP contribution < -0.4 is 10.1 Å². The predicted molar refractivity (Wildman–Crippen MR) is 119 cm³/mol. The van der Waals surface area contributed by atoms with Gasteiger partial charge in [0.15, 0.2) is 0 Å². The monoisotopic (exact) mass is 417 g/mol. The van der Waals surface area contributed by atoms with Crippen LogP contribution in [0.2, 0.25) is 0 Å². The van der Waals surface area contributed by atoms with Crippen LogP contribution in [-0.4, -0.2) is 16.6 Å². The highest BCUT2D eigenvalue weighted by Crippen LogP contribution is 2.20. The molecule has 1 N–H and O–H groups in total. The number of thioether (sulfide) groups is 1. The fourth-order valence-corrected chi connectivity index (χ4v) is 3.62. The highest BCUT2D eigenvalue weighted by atomic mass is 32.2. The first-order valence-corrected chi connectivity index (χ1v) is 10.8. The van der Waals surface area contributed by atoms with Gasteiger partial charge < -0.3 is 10.1 Å². The Bertz CT molecular complexity index is 1000. The Hall–Kier alpha value is -3.30. The number of ether oxygens (including phenoxy) is 1. The van der Waals surface area contributed by atoms with E-state index in [2.05, 4.69) is 16.4 Å². The van der Waals surface area contributed by atoms with Crippen molar-refractivity contribution >= 4 is 17.7 Å². The number of nitrogens with one attached hydrogen (secondary N) is 1. The van der Waals surface area contributed by atoms with E-state index in [0.29, 0.717) is 17.9 Å². The van der Waals surface area contributed by atoms with Gasteiger partial charge in [0.25, 0.3) is 0 Å². The molecule has 0 aliphatic rings. The topological polar surface area (TPSA) is 75.0 Å². The molecular weight excluding hydrogens is 394 g/mol. The number of amides is 1. The van der Waals surface area contributed by atoms with Crippen LogP contribution in [0.4, 0.5) is 0 Å². The normalized spacial score (nSPS) is 11.3. The van der Waals surface area contributed by atoms with Crippen LogP contribution in [0.15, 0.2) is 72.9 Å². The van der Waals surface area contributed by atoms with Crippen molar-refractivity contribution < 1.29 is 9.53 Å². The Balaban J connectivity index is 1.45. The van der Waals surface area contributed by atoms with Gasteiger partial charge in [0.05, 0.1) is 29.1 Å². The lowest BCUT2D eigenvalue weighted by atomic mass is 10.1. The molecule has 0 saturated carbocycles. The number of aromatic nitrogens is 1. The second-order valence-electron chi connectivity index (χ2n) is 6.77. The Kier molecular flexibility index (Phi) is 7.87. The molecule has 0 bridgehead atoms. The second kappa shape index (κ2) is 11.0. The zero-order valence-corrected chi connectivity index (χ0v) is 17.6. The molecule has 0 radical (unpaired) electrons.